The van der Waals surface area contributed by atoms with Crippen LogP contribution in [0.15, 0.2) is 170 Å². The second kappa shape index (κ2) is 10.5. The summed E-state index contributed by atoms with van der Waals surface area (Å²) in [5.41, 5.74) is 9.29. The van der Waals surface area contributed by atoms with E-state index in [0.29, 0.717) is 0 Å². The fourth-order valence-corrected chi connectivity index (χ4v) is 7.83. The van der Waals surface area contributed by atoms with Crippen molar-refractivity contribution in [1.29, 1.82) is 0 Å². The van der Waals surface area contributed by atoms with Gasteiger partial charge in [-0.15, -0.1) is 11.3 Å². The summed E-state index contributed by atoms with van der Waals surface area (Å²) in [5, 5.41) is 5.05. The van der Waals surface area contributed by atoms with Crippen molar-refractivity contribution < 1.29 is 0 Å². The largest absolute Gasteiger partial charge is 0.308 e. The Kier molecular flexibility index (Phi) is 6.03. The molecule has 0 spiro atoms. The van der Waals surface area contributed by atoms with E-state index in [1.165, 1.54) is 53.1 Å². The maximum absolute atomic E-state index is 2.44. The van der Waals surface area contributed by atoms with Gasteiger partial charge in [0.2, 0.25) is 0 Å². The molecule has 0 aliphatic heterocycles. The molecule has 45 heavy (non-hydrogen) atoms. The lowest BCUT2D eigenvalue weighted by Gasteiger charge is -2.28. The zero-order valence-corrected chi connectivity index (χ0v) is 25.3. The van der Waals surface area contributed by atoms with Gasteiger partial charge in [-0.3, -0.25) is 0 Å². The molecule has 0 atom stereocenters. The van der Waals surface area contributed by atoms with Gasteiger partial charge in [0.25, 0.3) is 0 Å². The molecule has 0 radical (unpaired) electrons. The molecule has 2 heterocycles. The molecule has 0 aliphatic carbocycles. The van der Waals surface area contributed by atoms with E-state index in [1.54, 1.807) is 0 Å². The van der Waals surface area contributed by atoms with Gasteiger partial charge >= 0.3 is 0 Å². The zero-order chi connectivity index (χ0) is 29.7. The van der Waals surface area contributed by atoms with Gasteiger partial charge in [0.15, 0.2) is 0 Å². The van der Waals surface area contributed by atoms with Crippen molar-refractivity contribution in [1.82, 2.24) is 4.57 Å². The summed E-state index contributed by atoms with van der Waals surface area (Å²) in [6, 6.07) is 61.5. The van der Waals surface area contributed by atoms with Gasteiger partial charge in [0, 0.05) is 48.0 Å². The van der Waals surface area contributed by atoms with Crippen molar-refractivity contribution in [3.63, 3.8) is 0 Å². The van der Waals surface area contributed by atoms with Crippen molar-refractivity contribution in [2.24, 2.45) is 0 Å². The lowest BCUT2D eigenvalue weighted by Crippen LogP contribution is -2.12. The third-order valence-electron chi connectivity index (χ3n) is 8.74. The first-order chi connectivity index (χ1) is 22.3. The normalized spacial score (nSPS) is 11.6. The second-order valence-electron chi connectivity index (χ2n) is 11.4. The molecule has 2 aromatic heterocycles. The van der Waals surface area contributed by atoms with E-state index in [9.17, 15) is 0 Å². The Morgan fingerprint density at radius 1 is 0.422 bits per heavy atom. The number of nitrogens with zero attached hydrogens (tertiary/aromatic N) is 2. The van der Waals surface area contributed by atoms with Crippen LogP contribution in [0.1, 0.15) is 0 Å². The SMILES string of the molecule is c1ccc(-c2cc(N(c3ccccc3)c3ccc4sc5ccccc5c4c3)c3c(c2)c2ccccc2n3-c2ccccc2)cc1. The van der Waals surface area contributed by atoms with E-state index in [0.717, 1.165) is 22.7 Å². The fourth-order valence-electron chi connectivity index (χ4n) is 6.75. The molecular formula is C42H28N2S. The average molecular weight is 593 g/mol. The van der Waals surface area contributed by atoms with E-state index in [1.807, 2.05) is 11.3 Å². The summed E-state index contributed by atoms with van der Waals surface area (Å²) < 4.78 is 5.05. The molecule has 0 unspecified atom stereocenters. The van der Waals surface area contributed by atoms with Crippen LogP contribution in [0.2, 0.25) is 0 Å². The minimum atomic E-state index is 1.12. The third kappa shape index (κ3) is 4.24. The van der Waals surface area contributed by atoms with Crippen molar-refractivity contribution in [3.05, 3.63) is 170 Å². The summed E-state index contributed by atoms with van der Waals surface area (Å²) >= 11 is 1.86. The monoisotopic (exact) mass is 592 g/mol. The minimum absolute atomic E-state index is 1.12. The summed E-state index contributed by atoms with van der Waals surface area (Å²) in [5.74, 6) is 0. The van der Waals surface area contributed by atoms with E-state index in [2.05, 4.69) is 179 Å². The molecule has 2 nitrogen and oxygen atoms in total. The molecule has 9 aromatic rings. The molecule has 0 aliphatic rings. The number of benzene rings is 7. The molecule has 9 rings (SSSR count). The number of aromatic nitrogens is 1. The maximum atomic E-state index is 2.44. The quantitative estimate of drug-likeness (QED) is 0.193. The fraction of sp³-hybridized carbons (Fsp3) is 0. The first-order valence-corrected chi connectivity index (χ1v) is 16.1. The summed E-state index contributed by atoms with van der Waals surface area (Å²) in [6.45, 7) is 0. The Morgan fingerprint density at radius 3 is 1.87 bits per heavy atom. The van der Waals surface area contributed by atoms with Gasteiger partial charge in [-0.1, -0.05) is 103 Å². The molecule has 0 saturated heterocycles. The maximum Gasteiger partial charge on any atom is 0.0782 e. The number of anilines is 3. The first kappa shape index (κ1) is 25.8. The average Bonchev–Trinajstić information content (AvgIpc) is 3.65. The van der Waals surface area contributed by atoms with E-state index in [-0.39, 0.29) is 0 Å². The van der Waals surface area contributed by atoms with Crippen molar-refractivity contribution >= 4 is 70.4 Å². The number of para-hydroxylation sites is 3. The van der Waals surface area contributed by atoms with E-state index in [4.69, 9.17) is 0 Å². The van der Waals surface area contributed by atoms with Crippen LogP contribution in [0.25, 0.3) is 58.8 Å². The number of rotatable bonds is 5. The standard InChI is InChI=1S/C42H28N2S/c1-4-14-29(15-5-1)30-26-37-34-20-10-12-22-38(34)44(32-18-8-3-9-19-32)42(37)39(27-30)43(31-16-6-2-7-17-31)33-24-25-41-36(28-33)35-21-11-13-23-40(35)45-41/h1-28H. The second-order valence-corrected chi connectivity index (χ2v) is 12.5. The van der Waals surface area contributed by atoms with Crippen molar-refractivity contribution in [2.45, 2.75) is 0 Å². The highest BCUT2D eigenvalue weighted by Crippen LogP contribution is 2.47. The van der Waals surface area contributed by atoms with Gasteiger partial charge < -0.3 is 9.47 Å². The van der Waals surface area contributed by atoms with Gasteiger partial charge in [-0.2, -0.15) is 0 Å². The van der Waals surface area contributed by atoms with Crippen LogP contribution in [-0.4, -0.2) is 4.57 Å². The van der Waals surface area contributed by atoms with Gasteiger partial charge in [0.05, 0.1) is 16.7 Å². The molecule has 7 aromatic carbocycles. The lowest BCUT2D eigenvalue weighted by molar-refractivity contribution is 1.17. The van der Waals surface area contributed by atoms with Crippen LogP contribution < -0.4 is 4.90 Å². The van der Waals surface area contributed by atoms with E-state index < -0.39 is 0 Å². The summed E-state index contributed by atoms with van der Waals surface area (Å²) in [7, 11) is 0. The third-order valence-corrected chi connectivity index (χ3v) is 9.90. The molecule has 0 N–H and O–H groups in total. The number of thiophene rings is 1. The Morgan fingerprint density at radius 2 is 1.07 bits per heavy atom. The van der Waals surface area contributed by atoms with Crippen LogP contribution in [0, 0.1) is 0 Å². The Balaban J connectivity index is 1.43. The Hall–Kier alpha value is -5.64. The van der Waals surface area contributed by atoms with Crippen LogP contribution >= 0.6 is 11.3 Å². The summed E-state index contributed by atoms with van der Waals surface area (Å²) in [4.78, 5) is 2.44. The van der Waals surface area contributed by atoms with Crippen LogP contribution in [0.5, 0.6) is 0 Å². The summed E-state index contributed by atoms with van der Waals surface area (Å²) in [6.07, 6.45) is 0. The number of hydrogen-bond donors (Lipinski definition) is 0. The Bertz CT molecular complexity index is 2470. The van der Waals surface area contributed by atoms with Crippen LogP contribution in [0.3, 0.4) is 0 Å². The lowest BCUT2D eigenvalue weighted by atomic mass is 10.00. The molecular weight excluding hydrogens is 565 g/mol. The zero-order valence-electron chi connectivity index (χ0n) is 24.5. The highest BCUT2D eigenvalue weighted by molar-refractivity contribution is 7.25. The van der Waals surface area contributed by atoms with Crippen LogP contribution in [-0.2, 0) is 0 Å². The number of fused-ring (bicyclic) bond motifs is 6. The van der Waals surface area contributed by atoms with Gasteiger partial charge in [-0.25, -0.2) is 0 Å². The van der Waals surface area contributed by atoms with Gasteiger partial charge in [0.1, 0.15) is 0 Å². The predicted molar refractivity (Wildman–Crippen MR) is 194 cm³/mol. The molecule has 0 amide bonds. The molecule has 3 heteroatoms. The predicted octanol–water partition coefficient (Wildman–Crippen LogP) is 12.3. The van der Waals surface area contributed by atoms with E-state index >= 15 is 0 Å². The first-order valence-electron chi connectivity index (χ1n) is 15.3. The molecule has 212 valence electrons. The van der Waals surface area contributed by atoms with Crippen LogP contribution in [0.4, 0.5) is 17.1 Å². The van der Waals surface area contributed by atoms with Crippen molar-refractivity contribution in [3.8, 4) is 16.8 Å². The topological polar surface area (TPSA) is 8.17 Å². The number of hydrogen-bond acceptors (Lipinski definition) is 2. The highest BCUT2D eigenvalue weighted by Gasteiger charge is 2.23. The minimum Gasteiger partial charge on any atom is -0.308 e. The molecule has 0 fully saturated rings. The Labute approximate surface area is 265 Å². The molecule has 0 saturated carbocycles. The molecule has 0 bridgehead atoms. The van der Waals surface area contributed by atoms with Crippen molar-refractivity contribution in [2.75, 3.05) is 4.90 Å². The highest BCUT2D eigenvalue weighted by atomic mass is 32.1. The smallest absolute Gasteiger partial charge is 0.0782 e. The van der Waals surface area contributed by atoms with Gasteiger partial charge in [-0.05, 0) is 77.9 Å².